The highest BCUT2D eigenvalue weighted by molar-refractivity contribution is 5.82. The SMILES string of the molecule is c1ccc(CC(c2ccnc3ccccc23)N2CCCNCC2)nc1. The Balaban J connectivity index is 1.75. The monoisotopic (exact) mass is 332 g/mol. The third-order valence-corrected chi connectivity index (χ3v) is 4.99. The Morgan fingerprint density at radius 1 is 0.920 bits per heavy atom. The van der Waals surface area contributed by atoms with E-state index in [-0.39, 0.29) is 0 Å². The standard InChI is InChI=1S/C21H24N4/c1-2-8-20-18(7-1)19(9-12-24-20)21(16-17-6-3-4-11-23-17)25-14-5-10-22-13-15-25/h1-4,6-9,11-12,21-22H,5,10,13-16H2. The fraction of sp³-hybridized carbons (Fsp3) is 0.333. The van der Waals surface area contributed by atoms with Gasteiger partial charge < -0.3 is 5.32 Å². The van der Waals surface area contributed by atoms with E-state index in [4.69, 9.17) is 0 Å². The maximum Gasteiger partial charge on any atom is 0.0705 e. The molecule has 0 bridgehead atoms. The molecule has 0 saturated carbocycles. The van der Waals surface area contributed by atoms with Gasteiger partial charge in [0.15, 0.2) is 0 Å². The molecule has 1 unspecified atom stereocenters. The average Bonchev–Trinajstić information content (AvgIpc) is 2.96. The van der Waals surface area contributed by atoms with E-state index >= 15 is 0 Å². The van der Waals surface area contributed by atoms with Gasteiger partial charge in [-0.05, 0) is 42.8 Å². The quantitative estimate of drug-likeness (QED) is 0.796. The molecule has 3 heterocycles. The molecule has 3 aromatic rings. The first kappa shape index (κ1) is 16.2. The van der Waals surface area contributed by atoms with Crippen molar-refractivity contribution in [2.75, 3.05) is 26.2 Å². The minimum absolute atomic E-state index is 0.322. The van der Waals surface area contributed by atoms with Crippen LogP contribution in [0.1, 0.15) is 23.7 Å². The van der Waals surface area contributed by atoms with E-state index < -0.39 is 0 Å². The molecule has 1 aromatic carbocycles. The summed E-state index contributed by atoms with van der Waals surface area (Å²) in [7, 11) is 0. The molecule has 25 heavy (non-hydrogen) atoms. The summed E-state index contributed by atoms with van der Waals surface area (Å²) in [6.45, 7) is 4.32. The Hall–Kier alpha value is -2.30. The molecule has 0 amide bonds. The molecule has 4 nitrogen and oxygen atoms in total. The minimum Gasteiger partial charge on any atom is -0.315 e. The molecule has 4 heteroatoms. The van der Waals surface area contributed by atoms with Crippen LogP contribution in [0.15, 0.2) is 60.9 Å². The van der Waals surface area contributed by atoms with Crippen LogP contribution in [-0.4, -0.2) is 41.0 Å². The van der Waals surface area contributed by atoms with Gasteiger partial charge in [0.1, 0.15) is 0 Å². The summed E-state index contributed by atoms with van der Waals surface area (Å²) in [5, 5.41) is 4.77. The predicted molar refractivity (Wildman–Crippen MR) is 101 cm³/mol. The van der Waals surface area contributed by atoms with Crippen molar-refractivity contribution < 1.29 is 0 Å². The number of benzene rings is 1. The van der Waals surface area contributed by atoms with Crippen LogP contribution >= 0.6 is 0 Å². The summed E-state index contributed by atoms with van der Waals surface area (Å²) in [4.78, 5) is 11.7. The number of rotatable bonds is 4. The molecule has 1 aliphatic heterocycles. The van der Waals surface area contributed by atoms with Crippen molar-refractivity contribution in [2.45, 2.75) is 18.9 Å². The molecule has 2 aromatic heterocycles. The average molecular weight is 332 g/mol. The van der Waals surface area contributed by atoms with E-state index in [1.54, 1.807) is 0 Å². The number of nitrogens with zero attached hydrogens (tertiary/aromatic N) is 3. The summed E-state index contributed by atoms with van der Waals surface area (Å²) in [6, 6.07) is 17.2. The Morgan fingerprint density at radius 3 is 2.76 bits per heavy atom. The molecule has 0 aliphatic carbocycles. The number of pyridine rings is 2. The summed E-state index contributed by atoms with van der Waals surface area (Å²) in [5.41, 5.74) is 3.57. The smallest absolute Gasteiger partial charge is 0.0705 e. The van der Waals surface area contributed by atoms with Gasteiger partial charge in [0.25, 0.3) is 0 Å². The fourth-order valence-corrected chi connectivity index (χ4v) is 3.74. The Bertz CT molecular complexity index is 805. The van der Waals surface area contributed by atoms with Gasteiger partial charge in [0.05, 0.1) is 5.52 Å². The Morgan fingerprint density at radius 2 is 1.84 bits per heavy atom. The summed E-state index contributed by atoms with van der Waals surface area (Å²) in [6.07, 6.45) is 5.94. The van der Waals surface area contributed by atoms with E-state index in [2.05, 4.69) is 62.6 Å². The van der Waals surface area contributed by atoms with Crippen LogP contribution in [0.4, 0.5) is 0 Å². The molecule has 1 fully saturated rings. The van der Waals surface area contributed by atoms with E-state index in [1.165, 1.54) is 17.4 Å². The molecular formula is C21H24N4. The molecule has 1 N–H and O–H groups in total. The van der Waals surface area contributed by atoms with Crippen molar-refractivity contribution in [3.05, 3.63) is 72.2 Å². The zero-order chi connectivity index (χ0) is 16.9. The number of hydrogen-bond acceptors (Lipinski definition) is 4. The lowest BCUT2D eigenvalue weighted by Gasteiger charge is -2.31. The van der Waals surface area contributed by atoms with Crippen LogP contribution in [-0.2, 0) is 6.42 Å². The second-order valence-electron chi connectivity index (χ2n) is 6.60. The lowest BCUT2D eigenvalue weighted by atomic mass is 9.96. The maximum atomic E-state index is 4.58. The zero-order valence-electron chi connectivity index (χ0n) is 14.4. The fourth-order valence-electron chi connectivity index (χ4n) is 3.74. The van der Waals surface area contributed by atoms with Gasteiger partial charge in [-0.25, -0.2) is 0 Å². The molecule has 4 rings (SSSR count). The van der Waals surface area contributed by atoms with E-state index in [0.29, 0.717) is 6.04 Å². The van der Waals surface area contributed by atoms with Crippen LogP contribution < -0.4 is 5.32 Å². The van der Waals surface area contributed by atoms with E-state index in [1.807, 2.05) is 18.5 Å². The molecule has 0 radical (unpaired) electrons. The van der Waals surface area contributed by atoms with Crippen LogP contribution in [0.5, 0.6) is 0 Å². The topological polar surface area (TPSA) is 41.1 Å². The summed E-state index contributed by atoms with van der Waals surface area (Å²) in [5.74, 6) is 0. The second kappa shape index (κ2) is 7.72. The second-order valence-corrected chi connectivity index (χ2v) is 6.60. The molecule has 1 saturated heterocycles. The summed E-state index contributed by atoms with van der Waals surface area (Å²) < 4.78 is 0. The first-order valence-corrected chi connectivity index (χ1v) is 9.10. The van der Waals surface area contributed by atoms with Gasteiger partial charge in [-0.2, -0.15) is 0 Å². The normalized spacial score (nSPS) is 17.3. The van der Waals surface area contributed by atoms with E-state index in [0.717, 1.165) is 43.8 Å². The van der Waals surface area contributed by atoms with Gasteiger partial charge in [-0.3, -0.25) is 14.9 Å². The van der Waals surface area contributed by atoms with Gasteiger partial charge in [0.2, 0.25) is 0 Å². The number of para-hydroxylation sites is 1. The van der Waals surface area contributed by atoms with Crippen molar-refractivity contribution in [3.63, 3.8) is 0 Å². The van der Waals surface area contributed by atoms with Crippen molar-refractivity contribution >= 4 is 10.9 Å². The minimum atomic E-state index is 0.322. The molecular weight excluding hydrogens is 308 g/mol. The predicted octanol–water partition coefficient (Wildman–Crippen LogP) is 3.21. The van der Waals surface area contributed by atoms with Gasteiger partial charge in [-0.1, -0.05) is 24.3 Å². The van der Waals surface area contributed by atoms with Gasteiger partial charge in [0, 0.05) is 55.6 Å². The van der Waals surface area contributed by atoms with Crippen LogP contribution in [0.2, 0.25) is 0 Å². The maximum absolute atomic E-state index is 4.58. The van der Waals surface area contributed by atoms with Crippen molar-refractivity contribution in [2.24, 2.45) is 0 Å². The highest BCUT2D eigenvalue weighted by Gasteiger charge is 2.24. The lowest BCUT2D eigenvalue weighted by Crippen LogP contribution is -2.33. The lowest BCUT2D eigenvalue weighted by molar-refractivity contribution is 0.209. The molecule has 128 valence electrons. The highest BCUT2D eigenvalue weighted by Crippen LogP contribution is 2.30. The van der Waals surface area contributed by atoms with Crippen molar-refractivity contribution in [1.82, 2.24) is 20.2 Å². The Labute approximate surface area is 148 Å². The number of aromatic nitrogens is 2. The van der Waals surface area contributed by atoms with Crippen molar-refractivity contribution in [3.8, 4) is 0 Å². The zero-order valence-corrected chi connectivity index (χ0v) is 14.4. The number of fused-ring (bicyclic) bond motifs is 1. The molecule has 1 atom stereocenters. The first-order valence-electron chi connectivity index (χ1n) is 9.10. The van der Waals surface area contributed by atoms with Gasteiger partial charge in [-0.15, -0.1) is 0 Å². The van der Waals surface area contributed by atoms with Crippen LogP contribution in [0.25, 0.3) is 10.9 Å². The Kier molecular flexibility index (Phi) is 5.00. The number of nitrogens with one attached hydrogen (secondary N) is 1. The molecule has 0 spiro atoms. The van der Waals surface area contributed by atoms with Crippen LogP contribution in [0, 0.1) is 0 Å². The van der Waals surface area contributed by atoms with E-state index in [9.17, 15) is 0 Å². The van der Waals surface area contributed by atoms with Gasteiger partial charge >= 0.3 is 0 Å². The third kappa shape index (κ3) is 3.70. The number of hydrogen-bond donors (Lipinski definition) is 1. The highest BCUT2D eigenvalue weighted by atomic mass is 15.2. The first-order chi connectivity index (χ1) is 12.4. The largest absolute Gasteiger partial charge is 0.315 e. The molecule has 1 aliphatic rings. The van der Waals surface area contributed by atoms with Crippen molar-refractivity contribution in [1.29, 1.82) is 0 Å². The third-order valence-electron chi connectivity index (χ3n) is 4.99. The summed E-state index contributed by atoms with van der Waals surface area (Å²) >= 11 is 0. The van der Waals surface area contributed by atoms with Crippen LogP contribution in [0.3, 0.4) is 0 Å².